The Morgan fingerprint density at radius 2 is 1.48 bits per heavy atom. The summed E-state index contributed by atoms with van der Waals surface area (Å²) in [7, 11) is -1.03. The highest BCUT2D eigenvalue weighted by Gasteiger charge is 2.28. The van der Waals surface area contributed by atoms with E-state index in [0.29, 0.717) is 11.4 Å². The van der Waals surface area contributed by atoms with Gasteiger partial charge in [0.25, 0.3) is 10.0 Å². The van der Waals surface area contributed by atoms with Gasteiger partial charge in [-0.1, -0.05) is 60.7 Å². The van der Waals surface area contributed by atoms with Crippen LogP contribution in [0, 0.1) is 0 Å². The van der Waals surface area contributed by atoms with E-state index >= 15 is 0 Å². The van der Waals surface area contributed by atoms with E-state index in [1.54, 1.807) is 49.5 Å². The second-order valence-electron chi connectivity index (χ2n) is 7.20. The summed E-state index contributed by atoms with van der Waals surface area (Å²) in [6.07, 6.45) is 0.165. The van der Waals surface area contributed by atoms with Gasteiger partial charge in [0, 0.05) is 13.5 Å². The Bertz CT molecular complexity index is 1200. The van der Waals surface area contributed by atoms with Crippen LogP contribution in [-0.4, -0.2) is 40.6 Å². The first-order valence-corrected chi connectivity index (χ1v) is 11.6. The van der Waals surface area contributed by atoms with Gasteiger partial charge in [0.1, 0.15) is 11.8 Å². The van der Waals surface area contributed by atoms with Crippen molar-refractivity contribution in [3.05, 3.63) is 90.5 Å². The summed E-state index contributed by atoms with van der Waals surface area (Å²) in [5, 5.41) is 2.52. The molecule has 0 fully saturated rings. The molecule has 0 unspecified atom stereocenters. The molecule has 0 saturated carbocycles. The zero-order valence-electron chi connectivity index (χ0n) is 18.3. The molecule has 0 bridgehead atoms. The van der Waals surface area contributed by atoms with Gasteiger partial charge in [-0.2, -0.15) is 0 Å². The topological polar surface area (TPSA) is 105 Å². The summed E-state index contributed by atoms with van der Waals surface area (Å²) in [5.41, 5.74) is 1.32. The van der Waals surface area contributed by atoms with Crippen LogP contribution >= 0.6 is 0 Å². The van der Waals surface area contributed by atoms with Gasteiger partial charge in [0.05, 0.1) is 17.7 Å². The number of carbonyl (C=O) groups excluding carboxylic acids is 2. The first kappa shape index (κ1) is 23.8. The number of likely N-dealkylation sites (N-methyl/N-ethyl adjacent to an activating group) is 1. The smallest absolute Gasteiger partial charge is 0.329 e. The summed E-state index contributed by atoms with van der Waals surface area (Å²) in [6.45, 7) is 0. The highest BCUT2D eigenvalue weighted by Crippen LogP contribution is 2.27. The SMILES string of the molecule is COc1ccccc1N(C)C(=O)[C@H](Cc1ccccc1)NC(=O)NS(=O)(=O)c1ccccc1. The third kappa shape index (κ3) is 6.11. The monoisotopic (exact) mass is 467 g/mol. The Morgan fingerprint density at radius 1 is 0.909 bits per heavy atom. The molecule has 3 aromatic carbocycles. The number of ether oxygens (including phenoxy) is 1. The molecule has 0 spiro atoms. The molecule has 3 rings (SSSR count). The normalized spacial score (nSPS) is 11.8. The molecule has 3 amide bonds. The molecule has 0 aromatic heterocycles. The van der Waals surface area contributed by atoms with Crippen molar-refractivity contribution in [2.45, 2.75) is 17.4 Å². The van der Waals surface area contributed by atoms with Gasteiger partial charge in [0.15, 0.2) is 0 Å². The number of amides is 3. The highest BCUT2D eigenvalue weighted by atomic mass is 32.2. The summed E-state index contributed by atoms with van der Waals surface area (Å²) in [5.74, 6) is 0.0542. The number of carbonyl (C=O) groups is 2. The molecule has 172 valence electrons. The number of urea groups is 1. The van der Waals surface area contributed by atoms with Gasteiger partial charge >= 0.3 is 6.03 Å². The number of benzene rings is 3. The second kappa shape index (κ2) is 10.6. The molecule has 0 saturated heterocycles. The number of nitrogens with one attached hydrogen (secondary N) is 2. The van der Waals surface area contributed by atoms with Crippen LogP contribution in [0.1, 0.15) is 5.56 Å². The lowest BCUT2D eigenvalue weighted by Crippen LogP contribution is -2.52. The molecule has 0 aliphatic heterocycles. The number of hydrogen-bond acceptors (Lipinski definition) is 5. The average molecular weight is 468 g/mol. The molecule has 8 nitrogen and oxygen atoms in total. The van der Waals surface area contributed by atoms with Crippen LogP contribution in [0.15, 0.2) is 89.8 Å². The van der Waals surface area contributed by atoms with E-state index in [-0.39, 0.29) is 11.3 Å². The Morgan fingerprint density at radius 3 is 2.12 bits per heavy atom. The number of rotatable bonds is 8. The van der Waals surface area contributed by atoms with E-state index in [2.05, 4.69) is 5.32 Å². The summed E-state index contributed by atoms with van der Waals surface area (Å²) < 4.78 is 32.3. The van der Waals surface area contributed by atoms with Crippen LogP contribution in [0.2, 0.25) is 0 Å². The van der Waals surface area contributed by atoms with E-state index in [9.17, 15) is 18.0 Å². The molecule has 33 heavy (non-hydrogen) atoms. The Hall–Kier alpha value is -3.85. The third-order valence-corrected chi connectivity index (χ3v) is 6.29. The number of methoxy groups -OCH3 is 1. The maximum absolute atomic E-state index is 13.4. The van der Waals surface area contributed by atoms with Crippen molar-refractivity contribution in [1.82, 2.24) is 10.0 Å². The Labute approximate surface area is 193 Å². The minimum absolute atomic E-state index is 0.0581. The van der Waals surface area contributed by atoms with E-state index < -0.39 is 28.0 Å². The van der Waals surface area contributed by atoms with Crippen molar-refractivity contribution in [2.75, 3.05) is 19.1 Å². The number of nitrogens with zero attached hydrogens (tertiary/aromatic N) is 1. The molecule has 9 heteroatoms. The lowest BCUT2D eigenvalue weighted by molar-refractivity contribution is -0.120. The maximum Gasteiger partial charge on any atom is 0.329 e. The van der Waals surface area contributed by atoms with Crippen molar-refractivity contribution in [3.63, 3.8) is 0 Å². The van der Waals surface area contributed by atoms with Crippen molar-refractivity contribution in [1.29, 1.82) is 0 Å². The summed E-state index contributed by atoms with van der Waals surface area (Å²) >= 11 is 0. The van der Waals surface area contributed by atoms with Crippen molar-refractivity contribution in [2.24, 2.45) is 0 Å². The van der Waals surface area contributed by atoms with E-state index in [1.165, 1.54) is 24.1 Å². The molecule has 0 radical (unpaired) electrons. The van der Waals surface area contributed by atoms with Gasteiger partial charge in [-0.15, -0.1) is 0 Å². The van der Waals surface area contributed by atoms with Gasteiger partial charge in [-0.3, -0.25) is 4.79 Å². The van der Waals surface area contributed by atoms with Crippen molar-refractivity contribution < 1.29 is 22.7 Å². The van der Waals surface area contributed by atoms with Crippen molar-refractivity contribution in [3.8, 4) is 5.75 Å². The molecule has 0 aliphatic carbocycles. The largest absolute Gasteiger partial charge is 0.495 e. The van der Waals surface area contributed by atoms with Crippen molar-refractivity contribution >= 4 is 27.6 Å². The fourth-order valence-electron chi connectivity index (χ4n) is 3.28. The van der Waals surface area contributed by atoms with Gasteiger partial charge in [0.2, 0.25) is 5.91 Å². The first-order chi connectivity index (χ1) is 15.8. The van der Waals surface area contributed by atoms with Gasteiger partial charge < -0.3 is 15.0 Å². The van der Waals surface area contributed by atoms with Crippen LogP contribution in [0.5, 0.6) is 5.75 Å². The second-order valence-corrected chi connectivity index (χ2v) is 8.89. The first-order valence-electron chi connectivity index (χ1n) is 10.1. The maximum atomic E-state index is 13.4. The average Bonchev–Trinajstić information content (AvgIpc) is 2.83. The van der Waals surface area contributed by atoms with Crippen LogP contribution in [-0.2, 0) is 21.2 Å². The number of hydrogen-bond donors (Lipinski definition) is 2. The number of sulfonamides is 1. The van der Waals surface area contributed by atoms with Gasteiger partial charge in [-0.25, -0.2) is 17.9 Å². The summed E-state index contributed by atoms with van der Waals surface area (Å²) in [6, 6.07) is 21.6. The van der Waals surface area contributed by atoms with E-state index in [4.69, 9.17) is 4.74 Å². The molecular weight excluding hydrogens is 442 g/mol. The molecule has 1 atom stereocenters. The minimum Gasteiger partial charge on any atom is -0.495 e. The standard InChI is InChI=1S/C24H25N3O5S/c1-27(21-15-9-10-16-22(21)32-2)23(28)20(17-18-11-5-3-6-12-18)25-24(29)26-33(30,31)19-13-7-4-8-14-19/h3-16,20H,17H2,1-2H3,(H2,25,26,29)/t20-/m0/s1. The summed E-state index contributed by atoms with van der Waals surface area (Å²) in [4.78, 5) is 27.3. The van der Waals surface area contributed by atoms with E-state index in [1.807, 2.05) is 35.1 Å². The Balaban J connectivity index is 1.83. The molecule has 3 aromatic rings. The zero-order chi connectivity index (χ0) is 23.8. The molecular formula is C24H25N3O5S. The predicted molar refractivity (Wildman–Crippen MR) is 126 cm³/mol. The zero-order valence-corrected chi connectivity index (χ0v) is 19.1. The quantitative estimate of drug-likeness (QED) is 0.530. The van der Waals surface area contributed by atoms with E-state index in [0.717, 1.165) is 5.56 Å². The molecule has 2 N–H and O–H groups in total. The lowest BCUT2D eigenvalue weighted by Gasteiger charge is -2.26. The van der Waals surface area contributed by atoms with Crippen LogP contribution < -0.4 is 19.7 Å². The third-order valence-electron chi connectivity index (χ3n) is 4.94. The van der Waals surface area contributed by atoms with Gasteiger partial charge in [-0.05, 0) is 29.8 Å². The lowest BCUT2D eigenvalue weighted by atomic mass is 10.0. The molecule has 0 heterocycles. The number of para-hydroxylation sites is 2. The fourth-order valence-corrected chi connectivity index (χ4v) is 4.21. The fraction of sp³-hybridized carbons (Fsp3) is 0.167. The van der Waals surface area contributed by atoms with Crippen LogP contribution in [0.25, 0.3) is 0 Å². The Kier molecular flexibility index (Phi) is 7.68. The van der Waals surface area contributed by atoms with Crippen LogP contribution in [0.3, 0.4) is 0 Å². The predicted octanol–water partition coefficient (Wildman–Crippen LogP) is 2.96. The number of anilines is 1. The molecule has 0 aliphatic rings. The highest BCUT2D eigenvalue weighted by molar-refractivity contribution is 7.90. The van der Waals surface area contributed by atoms with Crippen LogP contribution in [0.4, 0.5) is 10.5 Å². The minimum atomic E-state index is -4.09.